The van der Waals surface area contributed by atoms with Gasteiger partial charge >= 0.3 is 0 Å². The van der Waals surface area contributed by atoms with Crippen LogP contribution in [-0.2, 0) is 11.3 Å². The van der Waals surface area contributed by atoms with Crippen LogP contribution in [0.4, 0.5) is 0 Å². The van der Waals surface area contributed by atoms with E-state index in [4.69, 9.17) is 4.74 Å². The average Bonchev–Trinajstić information content (AvgIpc) is 2.17. The molecule has 1 rings (SSSR count). The van der Waals surface area contributed by atoms with Crippen molar-refractivity contribution in [2.45, 2.75) is 6.61 Å². The second-order valence-electron chi connectivity index (χ2n) is 1.77. The Morgan fingerprint density at radius 3 is 3.11 bits per heavy atom. The molecule has 0 fully saturated rings. The second kappa shape index (κ2) is 2.64. The highest BCUT2D eigenvalue weighted by Crippen LogP contribution is 1.94. The Kier molecular flexibility index (Phi) is 1.85. The summed E-state index contributed by atoms with van der Waals surface area (Å²) in [4.78, 5) is 6.92. The number of hydrogen-bond acceptors (Lipinski definition) is 2. The van der Waals surface area contributed by atoms with Crippen molar-refractivity contribution < 1.29 is 4.74 Å². The summed E-state index contributed by atoms with van der Waals surface area (Å²) in [7, 11) is 1.63. The van der Waals surface area contributed by atoms with Crippen LogP contribution in [0.5, 0.6) is 0 Å². The first-order valence-corrected chi connectivity index (χ1v) is 2.68. The molecule has 9 heavy (non-hydrogen) atoms. The molecule has 0 aliphatic carbocycles. The van der Waals surface area contributed by atoms with E-state index in [1.165, 1.54) is 0 Å². The van der Waals surface area contributed by atoms with Gasteiger partial charge in [-0.1, -0.05) is 0 Å². The smallest absolute Gasteiger partial charge is 0.132 e. The molecular weight excluding hydrogens is 116 g/mol. The van der Waals surface area contributed by atoms with Crippen LogP contribution in [0, 0.1) is 6.92 Å². The molecule has 0 aliphatic rings. The predicted octanol–water partition coefficient (Wildman–Crippen LogP) is 0.738. The molecule has 3 heteroatoms. The monoisotopic (exact) mass is 125 g/mol. The lowest BCUT2D eigenvalue weighted by molar-refractivity contribution is 0.178. The van der Waals surface area contributed by atoms with E-state index in [1.807, 2.05) is 0 Å². The van der Waals surface area contributed by atoms with E-state index in [9.17, 15) is 0 Å². The van der Waals surface area contributed by atoms with Crippen molar-refractivity contribution in [3.63, 3.8) is 0 Å². The Balaban J connectivity index is 2.61. The van der Waals surface area contributed by atoms with Crippen LogP contribution >= 0.6 is 0 Å². The first-order chi connectivity index (χ1) is 4.33. The molecule has 49 valence electrons. The van der Waals surface area contributed by atoms with Crippen LogP contribution in [-0.4, -0.2) is 17.1 Å². The second-order valence-corrected chi connectivity index (χ2v) is 1.77. The van der Waals surface area contributed by atoms with Gasteiger partial charge in [-0.15, -0.1) is 0 Å². The van der Waals surface area contributed by atoms with Gasteiger partial charge in [0.1, 0.15) is 12.4 Å². The largest absolute Gasteiger partial charge is 0.377 e. The van der Waals surface area contributed by atoms with Gasteiger partial charge < -0.3 is 9.72 Å². The van der Waals surface area contributed by atoms with Crippen molar-refractivity contribution in [1.82, 2.24) is 9.97 Å². The van der Waals surface area contributed by atoms with Crippen LogP contribution in [0.15, 0.2) is 6.20 Å². The first-order valence-electron chi connectivity index (χ1n) is 2.68. The van der Waals surface area contributed by atoms with Crippen molar-refractivity contribution >= 4 is 0 Å². The van der Waals surface area contributed by atoms with Gasteiger partial charge in [0.15, 0.2) is 0 Å². The topological polar surface area (TPSA) is 37.9 Å². The summed E-state index contributed by atoms with van der Waals surface area (Å²) in [6.45, 7) is 4.15. The lowest BCUT2D eigenvalue weighted by Crippen LogP contribution is -1.88. The van der Waals surface area contributed by atoms with E-state index in [0.717, 1.165) is 11.5 Å². The van der Waals surface area contributed by atoms with Crippen LogP contribution in [0.3, 0.4) is 0 Å². The first kappa shape index (κ1) is 6.29. The molecule has 1 radical (unpaired) electrons. The normalized spacial score (nSPS) is 10.0. The standard InChI is InChI=1S/C6H9N2O/c1-5-3-7-6(8-5)4-9-2/h3H,1,4H2,2H3,(H,7,8). The third kappa shape index (κ3) is 1.54. The highest BCUT2D eigenvalue weighted by molar-refractivity contribution is 5.02. The maximum Gasteiger partial charge on any atom is 0.132 e. The number of ether oxygens (including phenoxy) is 1. The Morgan fingerprint density at radius 1 is 1.89 bits per heavy atom. The molecule has 0 aliphatic heterocycles. The minimum Gasteiger partial charge on any atom is -0.377 e. The van der Waals surface area contributed by atoms with Crippen LogP contribution in [0.25, 0.3) is 0 Å². The van der Waals surface area contributed by atoms with Crippen LogP contribution in [0.2, 0.25) is 0 Å². The number of imidazole rings is 1. The minimum absolute atomic E-state index is 0.523. The highest BCUT2D eigenvalue weighted by atomic mass is 16.5. The number of aromatic amines is 1. The summed E-state index contributed by atoms with van der Waals surface area (Å²) in [5, 5.41) is 0. The molecular formula is C6H9N2O. The number of H-pyrrole nitrogens is 1. The summed E-state index contributed by atoms with van der Waals surface area (Å²) >= 11 is 0. The van der Waals surface area contributed by atoms with E-state index in [1.54, 1.807) is 13.3 Å². The summed E-state index contributed by atoms with van der Waals surface area (Å²) in [6, 6.07) is 0. The third-order valence-corrected chi connectivity index (χ3v) is 0.965. The van der Waals surface area contributed by atoms with Crippen molar-refractivity contribution in [2.75, 3.05) is 7.11 Å². The minimum atomic E-state index is 0.523. The highest BCUT2D eigenvalue weighted by Gasteiger charge is 1.93. The number of hydrogen-bond donors (Lipinski definition) is 1. The fourth-order valence-corrected chi connectivity index (χ4v) is 0.615. The zero-order chi connectivity index (χ0) is 6.69. The Hall–Kier alpha value is -0.830. The molecule has 0 bridgehead atoms. The van der Waals surface area contributed by atoms with Crippen LogP contribution in [0.1, 0.15) is 11.5 Å². The summed E-state index contributed by atoms with van der Waals surface area (Å²) < 4.78 is 4.82. The van der Waals surface area contributed by atoms with E-state index < -0.39 is 0 Å². The van der Waals surface area contributed by atoms with Crippen molar-refractivity contribution in [2.24, 2.45) is 0 Å². The van der Waals surface area contributed by atoms with Gasteiger partial charge in [0.25, 0.3) is 0 Å². The third-order valence-electron chi connectivity index (χ3n) is 0.965. The van der Waals surface area contributed by atoms with Crippen LogP contribution < -0.4 is 0 Å². The Morgan fingerprint density at radius 2 is 2.67 bits per heavy atom. The zero-order valence-electron chi connectivity index (χ0n) is 5.35. The molecule has 0 amide bonds. The Bertz CT molecular complexity index is 183. The van der Waals surface area contributed by atoms with E-state index in [0.29, 0.717) is 6.61 Å². The van der Waals surface area contributed by atoms with Gasteiger partial charge in [-0.3, -0.25) is 0 Å². The average molecular weight is 125 g/mol. The number of aromatic nitrogens is 2. The van der Waals surface area contributed by atoms with Gasteiger partial charge in [-0.2, -0.15) is 0 Å². The van der Waals surface area contributed by atoms with E-state index in [2.05, 4.69) is 16.9 Å². The van der Waals surface area contributed by atoms with E-state index in [-0.39, 0.29) is 0 Å². The van der Waals surface area contributed by atoms with Gasteiger partial charge in [-0.25, -0.2) is 4.98 Å². The van der Waals surface area contributed by atoms with Crippen molar-refractivity contribution in [3.05, 3.63) is 24.6 Å². The number of rotatable bonds is 2. The van der Waals surface area contributed by atoms with E-state index >= 15 is 0 Å². The summed E-state index contributed by atoms with van der Waals surface area (Å²) in [6.07, 6.45) is 1.74. The molecule has 0 unspecified atom stereocenters. The SMILES string of the molecule is [CH2]c1c[nH]c(COC)n1. The number of nitrogens with zero attached hydrogens (tertiary/aromatic N) is 1. The summed E-state index contributed by atoms with van der Waals surface area (Å²) in [5.41, 5.74) is 0.752. The molecule has 1 aromatic rings. The fraction of sp³-hybridized carbons (Fsp3) is 0.333. The molecule has 0 spiro atoms. The molecule has 1 N–H and O–H groups in total. The van der Waals surface area contributed by atoms with Gasteiger partial charge in [0, 0.05) is 13.3 Å². The predicted molar refractivity (Wildman–Crippen MR) is 33.8 cm³/mol. The molecule has 0 atom stereocenters. The maximum atomic E-state index is 4.82. The molecule has 1 heterocycles. The maximum absolute atomic E-state index is 4.82. The molecule has 0 aromatic carbocycles. The molecule has 1 aromatic heterocycles. The molecule has 0 saturated heterocycles. The lowest BCUT2D eigenvalue weighted by atomic mass is 10.6. The van der Waals surface area contributed by atoms with Crippen molar-refractivity contribution in [1.29, 1.82) is 0 Å². The quantitative estimate of drug-likeness (QED) is 0.633. The van der Waals surface area contributed by atoms with Gasteiger partial charge in [0.2, 0.25) is 0 Å². The summed E-state index contributed by atoms with van der Waals surface area (Å²) in [5.74, 6) is 0.822. The molecule has 3 nitrogen and oxygen atoms in total. The van der Waals surface area contributed by atoms with Crippen molar-refractivity contribution in [3.8, 4) is 0 Å². The lowest BCUT2D eigenvalue weighted by Gasteiger charge is -1.89. The molecule has 0 saturated carbocycles. The number of nitrogens with one attached hydrogen (secondary N) is 1. The fourth-order valence-electron chi connectivity index (χ4n) is 0.615. The zero-order valence-corrected chi connectivity index (χ0v) is 5.35. The van der Waals surface area contributed by atoms with Gasteiger partial charge in [-0.05, 0) is 6.92 Å². The number of methoxy groups -OCH3 is 1. The Labute approximate surface area is 54.1 Å². The van der Waals surface area contributed by atoms with Gasteiger partial charge in [0.05, 0.1) is 5.69 Å².